The van der Waals surface area contributed by atoms with Gasteiger partial charge in [0.1, 0.15) is 12.6 Å². The highest BCUT2D eigenvalue weighted by molar-refractivity contribution is 5.97. The number of pyridine rings is 1. The van der Waals surface area contributed by atoms with Crippen molar-refractivity contribution in [2.45, 2.75) is 19.0 Å². The first-order chi connectivity index (χ1) is 13.2. The number of hydrogen-bond acceptors (Lipinski definition) is 4. The first kappa shape index (κ1) is 15.7. The molecule has 4 heterocycles. The largest absolute Gasteiger partial charge is 0.357 e. The molecule has 134 valence electrons. The van der Waals surface area contributed by atoms with E-state index in [-0.39, 0.29) is 18.4 Å². The normalized spacial score (nSPS) is 19.6. The number of benzene rings is 1. The monoisotopic (exact) mass is 359 g/mol. The molecule has 7 nitrogen and oxygen atoms in total. The molecule has 7 heteroatoms. The smallest absolute Gasteiger partial charge is 0.266 e. The number of piperazine rings is 1. The molecule has 0 unspecified atom stereocenters. The maximum atomic E-state index is 13.0. The number of carbonyl (C=O) groups excluding carboxylic acids is 2. The van der Waals surface area contributed by atoms with Gasteiger partial charge in [-0.15, -0.1) is 0 Å². The zero-order valence-corrected chi connectivity index (χ0v) is 14.5. The molecule has 2 aliphatic heterocycles. The van der Waals surface area contributed by atoms with Crippen molar-refractivity contribution in [3.63, 3.8) is 0 Å². The molecule has 2 aromatic heterocycles. The number of nitrogens with zero attached hydrogens (tertiary/aromatic N) is 4. The van der Waals surface area contributed by atoms with Gasteiger partial charge in [-0.1, -0.05) is 18.2 Å². The highest BCUT2D eigenvalue weighted by Gasteiger charge is 2.43. The standard InChI is InChI=1S/C20H17N5O2/c26-19-12-25(22-10-13-5-7-21-8-6-13)20(27)18-9-15-14-3-1-2-4-16(14)23-17(15)11-24(18)19/h1-8,10,18,23H,9,11-12H2/t18-/m1/s1. The molecule has 2 aliphatic rings. The van der Waals surface area contributed by atoms with E-state index in [9.17, 15) is 9.59 Å². The summed E-state index contributed by atoms with van der Waals surface area (Å²) < 4.78 is 0. The van der Waals surface area contributed by atoms with Crippen LogP contribution in [0.25, 0.3) is 10.9 Å². The quantitative estimate of drug-likeness (QED) is 0.707. The summed E-state index contributed by atoms with van der Waals surface area (Å²) in [5.41, 5.74) is 4.00. The third kappa shape index (κ3) is 2.59. The number of para-hydroxylation sites is 1. The van der Waals surface area contributed by atoms with Crippen LogP contribution in [0.3, 0.4) is 0 Å². The van der Waals surface area contributed by atoms with Gasteiger partial charge < -0.3 is 9.88 Å². The van der Waals surface area contributed by atoms with Crippen molar-refractivity contribution in [1.82, 2.24) is 19.9 Å². The second-order valence-electron chi connectivity index (χ2n) is 6.79. The number of hydrazone groups is 1. The number of hydrogen-bond donors (Lipinski definition) is 1. The minimum Gasteiger partial charge on any atom is -0.357 e. The number of aromatic amines is 1. The molecule has 1 N–H and O–H groups in total. The van der Waals surface area contributed by atoms with Crippen LogP contribution in [0.15, 0.2) is 53.9 Å². The summed E-state index contributed by atoms with van der Waals surface area (Å²) in [5, 5.41) is 6.65. The molecule has 2 amide bonds. The number of nitrogens with one attached hydrogen (secondary N) is 1. The van der Waals surface area contributed by atoms with Gasteiger partial charge in [0.25, 0.3) is 5.91 Å². The summed E-state index contributed by atoms with van der Waals surface area (Å²) in [6.07, 6.45) is 5.41. The molecule has 1 fully saturated rings. The van der Waals surface area contributed by atoms with Crippen LogP contribution in [0.2, 0.25) is 0 Å². The van der Waals surface area contributed by atoms with Gasteiger partial charge in [-0.25, -0.2) is 5.01 Å². The number of fused-ring (bicyclic) bond motifs is 4. The second kappa shape index (κ2) is 6.05. The van der Waals surface area contributed by atoms with Gasteiger partial charge >= 0.3 is 0 Å². The summed E-state index contributed by atoms with van der Waals surface area (Å²) in [7, 11) is 0. The Morgan fingerprint density at radius 1 is 1.11 bits per heavy atom. The Balaban J connectivity index is 1.46. The third-order valence-electron chi connectivity index (χ3n) is 5.20. The Hall–Kier alpha value is -3.48. The average molecular weight is 359 g/mol. The van der Waals surface area contributed by atoms with Crippen LogP contribution in [-0.4, -0.2) is 50.5 Å². The van der Waals surface area contributed by atoms with Gasteiger partial charge in [-0.05, 0) is 29.3 Å². The SMILES string of the molecule is O=C1[C@H]2Cc3c([nH]c4ccccc34)CN2C(=O)CN1N=Cc1ccncc1. The van der Waals surface area contributed by atoms with Crippen LogP contribution in [0.1, 0.15) is 16.8 Å². The lowest BCUT2D eigenvalue weighted by molar-refractivity contribution is -0.157. The van der Waals surface area contributed by atoms with E-state index in [4.69, 9.17) is 0 Å². The van der Waals surface area contributed by atoms with Gasteiger partial charge in [-0.2, -0.15) is 5.10 Å². The average Bonchev–Trinajstić information content (AvgIpc) is 3.07. The molecule has 0 spiro atoms. The Kier molecular flexibility index (Phi) is 3.53. The van der Waals surface area contributed by atoms with Crippen LogP contribution in [0.5, 0.6) is 0 Å². The van der Waals surface area contributed by atoms with E-state index in [1.165, 1.54) is 5.01 Å². The maximum Gasteiger partial charge on any atom is 0.266 e. The lowest BCUT2D eigenvalue weighted by Crippen LogP contribution is -2.60. The number of H-pyrrole nitrogens is 1. The van der Waals surface area contributed by atoms with Crippen molar-refractivity contribution in [1.29, 1.82) is 0 Å². The lowest BCUT2D eigenvalue weighted by Gasteiger charge is -2.40. The van der Waals surface area contributed by atoms with Crippen molar-refractivity contribution in [3.8, 4) is 0 Å². The predicted molar refractivity (Wildman–Crippen MR) is 99.9 cm³/mol. The van der Waals surface area contributed by atoms with Crippen LogP contribution in [0, 0.1) is 0 Å². The number of amides is 2. The minimum atomic E-state index is -0.507. The number of aromatic nitrogens is 2. The number of rotatable bonds is 2. The first-order valence-electron chi connectivity index (χ1n) is 8.84. The van der Waals surface area contributed by atoms with E-state index >= 15 is 0 Å². The van der Waals surface area contributed by atoms with Gasteiger partial charge in [0.2, 0.25) is 5.91 Å². The highest BCUT2D eigenvalue weighted by atomic mass is 16.2. The van der Waals surface area contributed by atoms with E-state index < -0.39 is 6.04 Å². The fourth-order valence-electron chi connectivity index (χ4n) is 3.84. The van der Waals surface area contributed by atoms with Crippen LogP contribution in [0.4, 0.5) is 0 Å². The van der Waals surface area contributed by atoms with E-state index in [1.54, 1.807) is 35.6 Å². The van der Waals surface area contributed by atoms with Gasteiger partial charge in [0.15, 0.2) is 0 Å². The molecule has 0 bridgehead atoms. The second-order valence-corrected chi connectivity index (χ2v) is 6.79. The molecule has 5 rings (SSSR count). The molecule has 1 saturated heterocycles. The minimum absolute atomic E-state index is 0.0352. The summed E-state index contributed by atoms with van der Waals surface area (Å²) in [4.78, 5) is 34.7. The van der Waals surface area contributed by atoms with Crippen molar-refractivity contribution >= 4 is 28.9 Å². The van der Waals surface area contributed by atoms with E-state index in [2.05, 4.69) is 21.1 Å². The van der Waals surface area contributed by atoms with E-state index in [1.807, 2.05) is 18.2 Å². The van der Waals surface area contributed by atoms with Crippen molar-refractivity contribution < 1.29 is 9.59 Å². The Labute approximate surface area is 155 Å². The molecular formula is C20H17N5O2. The van der Waals surface area contributed by atoms with E-state index in [0.717, 1.165) is 27.7 Å². The summed E-state index contributed by atoms with van der Waals surface area (Å²) in [6, 6.07) is 11.1. The topological polar surface area (TPSA) is 81.7 Å². The van der Waals surface area contributed by atoms with Gasteiger partial charge in [0.05, 0.1) is 12.8 Å². The van der Waals surface area contributed by atoms with Crippen molar-refractivity contribution in [2.24, 2.45) is 5.10 Å². The van der Waals surface area contributed by atoms with Crippen LogP contribution in [-0.2, 0) is 22.6 Å². The first-order valence-corrected chi connectivity index (χ1v) is 8.84. The summed E-state index contributed by atoms with van der Waals surface area (Å²) in [5.74, 6) is -0.230. The molecule has 0 aliphatic carbocycles. The third-order valence-corrected chi connectivity index (χ3v) is 5.20. The number of carbonyl (C=O) groups is 2. The summed E-state index contributed by atoms with van der Waals surface area (Å²) in [6.45, 7) is 0.396. The molecular weight excluding hydrogens is 342 g/mol. The lowest BCUT2D eigenvalue weighted by atomic mass is 9.94. The van der Waals surface area contributed by atoms with Crippen LogP contribution >= 0.6 is 0 Å². The zero-order chi connectivity index (χ0) is 18.4. The Morgan fingerprint density at radius 3 is 2.78 bits per heavy atom. The van der Waals surface area contributed by atoms with Gasteiger partial charge in [0, 0.05) is 35.4 Å². The molecule has 3 aromatic rings. The molecule has 0 radical (unpaired) electrons. The molecule has 1 atom stereocenters. The summed E-state index contributed by atoms with van der Waals surface area (Å²) >= 11 is 0. The molecule has 27 heavy (non-hydrogen) atoms. The fourth-order valence-corrected chi connectivity index (χ4v) is 3.84. The predicted octanol–water partition coefficient (Wildman–Crippen LogP) is 1.69. The molecule has 1 aromatic carbocycles. The highest BCUT2D eigenvalue weighted by Crippen LogP contribution is 2.32. The van der Waals surface area contributed by atoms with Crippen LogP contribution < -0.4 is 0 Å². The fraction of sp³-hybridized carbons (Fsp3) is 0.200. The molecule has 0 saturated carbocycles. The maximum absolute atomic E-state index is 13.0. The Bertz CT molecular complexity index is 1070. The Morgan fingerprint density at radius 2 is 1.93 bits per heavy atom. The van der Waals surface area contributed by atoms with Crippen molar-refractivity contribution in [2.75, 3.05) is 6.54 Å². The van der Waals surface area contributed by atoms with Crippen molar-refractivity contribution in [3.05, 3.63) is 65.6 Å². The van der Waals surface area contributed by atoms with Gasteiger partial charge in [-0.3, -0.25) is 14.6 Å². The van der Waals surface area contributed by atoms with E-state index in [0.29, 0.717) is 13.0 Å². The zero-order valence-electron chi connectivity index (χ0n) is 14.5.